The van der Waals surface area contributed by atoms with Gasteiger partial charge in [0.25, 0.3) is 10.0 Å². The summed E-state index contributed by atoms with van der Waals surface area (Å²) < 4.78 is 32.3. The second-order valence-corrected chi connectivity index (χ2v) is 8.23. The van der Waals surface area contributed by atoms with Gasteiger partial charge in [-0.2, -0.15) is 0 Å². The Kier molecular flexibility index (Phi) is 5.49. The third-order valence-electron chi connectivity index (χ3n) is 3.24. The van der Waals surface area contributed by atoms with Gasteiger partial charge in [0.05, 0.1) is 4.90 Å². The number of nitrogens with one attached hydrogen (secondary N) is 1. The van der Waals surface area contributed by atoms with Crippen LogP contribution in [0.15, 0.2) is 59.5 Å². The lowest BCUT2D eigenvalue weighted by Gasteiger charge is -2.22. The van der Waals surface area contributed by atoms with Crippen molar-refractivity contribution >= 4 is 21.7 Å². The van der Waals surface area contributed by atoms with Gasteiger partial charge in [0, 0.05) is 5.69 Å². The number of anilines is 1. The fraction of sp³-hybridized carbons (Fsp3) is 0.278. The van der Waals surface area contributed by atoms with Crippen molar-refractivity contribution in [3.05, 3.63) is 60.2 Å². The molecule has 25 heavy (non-hydrogen) atoms. The van der Waals surface area contributed by atoms with E-state index in [4.69, 9.17) is 10.5 Å². The minimum absolute atomic E-state index is 0.171. The molecule has 0 aromatic heterocycles. The lowest BCUT2D eigenvalue weighted by atomic mass is 10.1. The predicted octanol–water partition coefficient (Wildman–Crippen LogP) is 2.83. The van der Waals surface area contributed by atoms with E-state index >= 15 is 0 Å². The van der Waals surface area contributed by atoms with E-state index in [1.165, 1.54) is 12.1 Å². The normalized spacial score (nSPS) is 13.1. The number of benzene rings is 2. The van der Waals surface area contributed by atoms with Crippen molar-refractivity contribution in [3.8, 4) is 0 Å². The zero-order valence-electron chi connectivity index (χ0n) is 14.4. The van der Waals surface area contributed by atoms with Crippen LogP contribution in [-0.2, 0) is 19.6 Å². The summed E-state index contributed by atoms with van der Waals surface area (Å²) >= 11 is 0. The van der Waals surface area contributed by atoms with Gasteiger partial charge in [-0.1, -0.05) is 30.3 Å². The molecule has 0 saturated heterocycles. The van der Waals surface area contributed by atoms with Gasteiger partial charge < -0.3 is 10.5 Å². The molecule has 0 aliphatic carbocycles. The molecule has 134 valence electrons. The first-order valence-corrected chi connectivity index (χ1v) is 9.23. The Labute approximate surface area is 148 Å². The van der Waals surface area contributed by atoms with Crippen LogP contribution >= 0.6 is 0 Å². The molecule has 7 heteroatoms. The highest BCUT2D eigenvalue weighted by Gasteiger charge is 2.23. The summed E-state index contributed by atoms with van der Waals surface area (Å²) in [6, 6.07) is 13.4. The fourth-order valence-electron chi connectivity index (χ4n) is 2.07. The highest BCUT2D eigenvalue weighted by atomic mass is 32.2. The van der Waals surface area contributed by atoms with E-state index in [9.17, 15) is 13.2 Å². The van der Waals surface area contributed by atoms with Crippen LogP contribution in [0.4, 0.5) is 5.69 Å². The largest absolute Gasteiger partial charge is 0.459 e. The zero-order chi connectivity index (χ0) is 18.7. The summed E-state index contributed by atoms with van der Waals surface area (Å²) in [5.41, 5.74) is 6.19. The number of esters is 1. The first-order chi connectivity index (χ1) is 11.6. The number of sulfonamides is 1. The Hall–Kier alpha value is -2.38. The van der Waals surface area contributed by atoms with Crippen LogP contribution in [0, 0.1) is 0 Å². The molecule has 0 saturated carbocycles. The molecule has 0 spiro atoms. The van der Waals surface area contributed by atoms with Crippen molar-refractivity contribution in [1.82, 2.24) is 0 Å². The van der Waals surface area contributed by atoms with Crippen molar-refractivity contribution in [2.75, 3.05) is 4.72 Å². The van der Waals surface area contributed by atoms with Gasteiger partial charge in [0.1, 0.15) is 11.6 Å². The molecule has 2 aromatic rings. The summed E-state index contributed by atoms with van der Waals surface area (Å²) in [6.45, 7) is 5.29. The van der Waals surface area contributed by atoms with Gasteiger partial charge in [0.2, 0.25) is 0 Å². The Morgan fingerprint density at radius 1 is 1.04 bits per heavy atom. The third-order valence-corrected chi connectivity index (χ3v) is 4.63. The van der Waals surface area contributed by atoms with Gasteiger partial charge in [-0.15, -0.1) is 0 Å². The van der Waals surface area contributed by atoms with E-state index in [2.05, 4.69) is 4.72 Å². The summed E-state index contributed by atoms with van der Waals surface area (Å²) in [7, 11) is -3.66. The smallest absolute Gasteiger partial charge is 0.328 e. The minimum atomic E-state index is -3.66. The molecule has 0 fully saturated rings. The quantitative estimate of drug-likeness (QED) is 0.797. The summed E-state index contributed by atoms with van der Waals surface area (Å²) in [4.78, 5) is 12.2. The van der Waals surface area contributed by atoms with Gasteiger partial charge in [0.15, 0.2) is 0 Å². The molecule has 0 aliphatic rings. The second-order valence-electron chi connectivity index (χ2n) is 6.55. The number of hydrogen-bond acceptors (Lipinski definition) is 5. The number of nitrogens with two attached hydrogens (primary N) is 1. The van der Waals surface area contributed by atoms with E-state index in [0.717, 1.165) is 0 Å². The van der Waals surface area contributed by atoms with Crippen molar-refractivity contribution in [2.45, 2.75) is 37.3 Å². The predicted molar refractivity (Wildman–Crippen MR) is 96.5 cm³/mol. The Balaban J connectivity index is 2.11. The summed E-state index contributed by atoms with van der Waals surface area (Å²) in [5, 5.41) is 0. The second kappa shape index (κ2) is 7.25. The van der Waals surface area contributed by atoms with Crippen molar-refractivity contribution < 1.29 is 17.9 Å². The number of carbonyl (C=O) groups is 1. The fourth-order valence-corrected chi connectivity index (χ4v) is 3.15. The summed E-state index contributed by atoms with van der Waals surface area (Å²) in [6.07, 6.45) is 0. The molecule has 0 radical (unpaired) electrons. The van der Waals surface area contributed by atoms with Crippen LogP contribution in [0.5, 0.6) is 0 Å². The zero-order valence-corrected chi connectivity index (χ0v) is 15.2. The van der Waals surface area contributed by atoms with Gasteiger partial charge >= 0.3 is 5.97 Å². The van der Waals surface area contributed by atoms with Crippen LogP contribution < -0.4 is 10.5 Å². The van der Waals surface area contributed by atoms with Crippen LogP contribution in [0.25, 0.3) is 0 Å². The molecule has 6 nitrogen and oxygen atoms in total. The van der Waals surface area contributed by atoms with E-state index in [1.54, 1.807) is 63.2 Å². The van der Waals surface area contributed by atoms with E-state index in [0.29, 0.717) is 11.3 Å². The average Bonchev–Trinajstić information content (AvgIpc) is 2.54. The van der Waals surface area contributed by atoms with E-state index in [-0.39, 0.29) is 4.90 Å². The van der Waals surface area contributed by atoms with Crippen LogP contribution in [-0.4, -0.2) is 20.0 Å². The molecule has 1 unspecified atom stereocenters. The van der Waals surface area contributed by atoms with Crippen molar-refractivity contribution in [3.63, 3.8) is 0 Å². The lowest BCUT2D eigenvalue weighted by Crippen LogP contribution is -2.31. The molecule has 1 atom stereocenters. The van der Waals surface area contributed by atoms with E-state index < -0.39 is 27.6 Å². The van der Waals surface area contributed by atoms with Crippen LogP contribution in [0.1, 0.15) is 32.4 Å². The highest BCUT2D eigenvalue weighted by molar-refractivity contribution is 7.92. The monoisotopic (exact) mass is 362 g/mol. The Bertz CT molecular complexity index is 826. The number of hydrogen-bond donors (Lipinski definition) is 2. The number of ether oxygens (including phenoxy) is 1. The molecule has 0 amide bonds. The highest BCUT2D eigenvalue weighted by Crippen LogP contribution is 2.20. The lowest BCUT2D eigenvalue weighted by molar-refractivity contribution is -0.156. The van der Waals surface area contributed by atoms with Crippen LogP contribution in [0.3, 0.4) is 0 Å². The Morgan fingerprint density at radius 3 is 2.12 bits per heavy atom. The van der Waals surface area contributed by atoms with Gasteiger partial charge in [-0.3, -0.25) is 4.72 Å². The van der Waals surface area contributed by atoms with Crippen molar-refractivity contribution in [1.29, 1.82) is 0 Å². The maximum atomic E-state index is 12.3. The number of rotatable bonds is 5. The van der Waals surface area contributed by atoms with Crippen LogP contribution in [0.2, 0.25) is 0 Å². The maximum absolute atomic E-state index is 12.3. The molecule has 2 aromatic carbocycles. The molecular formula is C18H22N2O4S. The molecule has 0 heterocycles. The first-order valence-electron chi connectivity index (χ1n) is 7.75. The van der Waals surface area contributed by atoms with Crippen molar-refractivity contribution in [2.24, 2.45) is 5.73 Å². The molecular weight excluding hydrogens is 340 g/mol. The Morgan fingerprint density at radius 2 is 1.60 bits per heavy atom. The van der Waals surface area contributed by atoms with Gasteiger partial charge in [-0.05, 0) is 50.6 Å². The first kappa shape index (κ1) is 19.0. The molecule has 2 rings (SSSR count). The minimum Gasteiger partial charge on any atom is -0.459 e. The molecule has 3 N–H and O–H groups in total. The topological polar surface area (TPSA) is 98.5 Å². The maximum Gasteiger partial charge on any atom is 0.328 e. The van der Waals surface area contributed by atoms with Gasteiger partial charge in [-0.25, -0.2) is 13.2 Å². The number of carbonyl (C=O) groups excluding carboxylic acids is 1. The molecule has 0 aliphatic heterocycles. The summed E-state index contributed by atoms with van der Waals surface area (Å²) in [5.74, 6) is -0.537. The third kappa shape index (κ3) is 5.30. The SMILES string of the molecule is CC(C)(C)OC(=O)C(N)c1ccc(NS(=O)(=O)c2ccccc2)cc1. The standard InChI is InChI=1S/C18H22N2O4S/c1-18(2,3)24-17(21)16(19)13-9-11-14(12-10-13)20-25(22,23)15-7-5-4-6-8-15/h4-12,16,20H,19H2,1-3H3. The average molecular weight is 362 g/mol. The van der Waals surface area contributed by atoms with E-state index in [1.807, 2.05) is 0 Å². The molecule has 0 bridgehead atoms.